The maximum absolute atomic E-state index is 12.9. The number of nitrogens with zero attached hydrogens (tertiary/aromatic N) is 1. The fraction of sp³-hybridized carbons (Fsp3) is 0.643. The Balaban J connectivity index is 1.31. The molecule has 0 saturated carbocycles. The fourth-order valence-electron chi connectivity index (χ4n) is 4.90. The number of piperidine rings is 1. The van der Waals surface area contributed by atoms with Gasteiger partial charge in [-0.1, -0.05) is 19.3 Å². The summed E-state index contributed by atoms with van der Waals surface area (Å²) in [5.74, 6) is -0.606. The van der Waals surface area contributed by atoms with Gasteiger partial charge in [-0.25, -0.2) is 4.79 Å². The van der Waals surface area contributed by atoms with E-state index in [1.807, 2.05) is 45.0 Å². The Morgan fingerprint density at radius 3 is 2.35 bits per heavy atom. The van der Waals surface area contributed by atoms with Crippen molar-refractivity contribution in [3.63, 3.8) is 0 Å². The van der Waals surface area contributed by atoms with Gasteiger partial charge in [0.15, 0.2) is 0 Å². The average molecular weight is 515 g/mol. The van der Waals surface area contributed by atoms with E-state index in [-0.39, 0.29) is 30.2 Å². The Hall–Kier alpha value is -3.10. The van der Waals surface area contributed by atoms with Crippen molar-refractivity contribution in [2.45, 2.75) is 90.6 Å². The van der Waals surface area contributed by atoms with Crippen molar-refractivity contribution in [2.24, 2.45) is 5.41 Å². The van der Waals surface area contributed by atoms with Crippen molar-refractivity contribution in [2.75, 3.05) is 29.9 Å². The minimum atomic E-state index is -0.754. The molecule has 4 amide bonds. The third kappa shape index (κ3) is 8.76. The number of imide groups is 1. The molecule has 1 atom stereocenters. The van der Waals surface area contributed by atoms with E-state index in [0.717, 1.165) is 50.0 Å². The number of hydrogen-bond donors (Lipinski definition) is 3. The molecule has 2 fully saturated rings. The quantitative estimate of drug-likeness (QED) is 0.312. The summed E-state index contributed by atoms with van der Waals surface area (Å²) in [4.78, 5) is 50.6. The number of anilines is 2. The van der Waals surface area contributed by atoms with Crippen molar-refractivity contribution in [3.8, 4) is 0 Å². The van der Waals surface area contributed by atoms with E-state index >= 15 is 0 Å². The molecule has 2 saturated heterocycles. The molecule has 204 valence electrons. The zero-order valence-corrected chi connectivity index (χ0v) is 22.5. The van der Waals surface area contributed by atoms with Crippen LogP contribution in [0.3, 0.4) is 0 Å². The molecule has 0 bridgehead atoms. The largest absolute Gasteiger partial charge is 0.444 e. The minimum Gasteiger partial charge on any atom is -0.444 e. The summed E-state index contributed by atoms with van der Waals surface area (Å²) in [5, 5.41) is 8.67. The number of benzene rings is 1. The first kappa shape index (κ1) is 28.5. The first-order valence-corrected chi connectivity index (χ1v) is 13.5. The van der Waals surface area contributed by atoms with E-state index in [4.69, 9.17) is 4.74 Å². The van der Waals surface area contributed by atoms with Crippen molar-refractivity contribution in [3.05, 3.63) is 24.3 Å². The van der Waals surface area contributed by atoms with Crippen LogP contribution in [0.5, 0.6) is 0 Å². The second kappa shape index (κ2) is 12.9. The van der Waals surface area contributed by atoms with Crippen molar-refractivity contribution < 1.29 is 23.9 Å². The monoisotopic (exact) mass is 514 g/mol. The Bertz CT molecular complexity index is 956. The summed E-state index contributed by atoms with van der Waals surface area (Å²) >= 11 is 0. The Morgan fingerprint density at radius 1 is 1.00 bits per heavy atom. The molecule has 0 aromatic heterocycles. The van der Waals surface area contributed by atoms with E-state index in [9.17, 15) is 19.2 Å². The van der Waals surface area contributed by atoms with Gasteiger partial charge in [-0.05, 0) is 77.1 Å². The molecule has 2 heterocycles. The van der Waals surface area contributed by atoms with Gasteiger partial charge in [0.2, 0.25) is 17.7 Å². The summed E-state index contributed by atoms with van der Waals surface area (Å²) in [7, 11) is 0. The molecule has 9 heteroatoms. The third-order valence-electron chi connectivity index (χ3n) is 6.93. The lowest BCUT2D eigenvalue weighted by atomic mass is 9.74. The number of alkyl carbamates (subject to hydrolysis) is 1. The van der Waals surface area contributed by atoms with Crippen LogP contribution in [-0.2, 0) is 19.1 Å². The minimum absolute atomic E-state index is 0.0715. The molecule has 9 nitrogen and oxygen atoms in total. The van der Waals surface area contributed by atoms with Crippen LogP contribution in [0.25, 0.3) is 0 Å². The summed E-state index contributed by atoms with van der Waals surface area (Å²) in [6.07, 6.45) is 7.18. The van der Waals surface area contributed by atoms with E-state index in [1.165, 1.54) is 0 Å². The molecule has 3 rings (SSSR count). The molecule has 37 heavy (non-hydrogen) atoms. The van der Waals surface area contributed by atoms with E-state index in [1.54, 1.807) is 4.90 Å². The SMILES string of the molecule is CC(C)(C)OC(=O)NCCCCCCCNc1ccc(N2CCC3(CCCC(=O)NC3=O)CC2=O)cc1. The number of carbonyl (C=O) groups is 4. The van der Waals surface area contributed by atoms with Crippen molar-refractivity contribution in [1.29, 1.82) is 0 Å². The number of amides is 4. The maximum Gasteiger partial charge on any atom is 0.407 e. The standard InChI is InChI=1S/C28H42N4O5/c1-27(2,3)37-26(36)30-18-8-6-4-5-7-17-29-21-11-13-22(14-12-21)32-19-16-28(20-24(32)34)15-9-10-23(33)31-25(28)35/h11-14,29H,4-10,15-20H2,1-3H3,(H,30,36)(H,31,33,35). The van der Waals surface area contributed by atoms with Gasteiger partial charge in [0.1, 0.15) is 5.60 Å². The van der Waals surface area contributed by atoms with E-state index in [0.29, 0.717) is 38.8 Å². The second-order valence-electron chi connectivity index (χ2n) is 11.2. The first-order chi connectivity index (χ1) is 17.6. The number of hydrogen-bond acceptors (Lipinski definition) is 6. The molecule has 1 spiro atoms. The number of carbonyl (C=O) groups excluding carboxylic acids is 4. The predicted octanol–water partition coefficient (Wildman–Crippen LogP) is 4.51. The smallest absolute Gasteiger partial charge is 0.407 e. The van der Waals surface area contributed by atoms with Crippen LogP contribution in [0, 0.1) is 5.41 Å². The maximum atomic E-state index is 12.9. The molecule has 2 aliphatic heterocycles. The van der Waals surface area contributed by atoms with Gasteiger partial charge in [-0.3, -0.25) is 19.7 Å². The molecule has 2 aliphatic rings. The van der Waals surface area contributed by atoms with Crippen LogP contribution in [0.2, 0.25) is 0 Å². The zero-order valence-electron chi connectivity index (χ0n) is 22.5. The highest BCUT2D eigenvalue weighted by molar-refractivity contribution is 6.04. The number of rotatable bonds is 10. The van der Waals surface area contributed by atoms with E-state index in [2.05, 4.69) is 16.0 Å². The van der Waals surface area contributed by atoms with Gasteiger partial charge in [-0.15, -0.1) is 0 Å². The molecule has 0 radical (unpaired) electrons. The number of unbranched alkanes of at least 4 members (excludes halogenated alkanes) is 4. The highest BCUT2D eigenvalue weighted by atomic mass is 16.6. The predicted molar refractivity (Wildman–Crippen MR) is 143 cm³/mol. The van der Waals surface area contributed by atoms with E-state index < -0.39 is 11.0 Å². The normalized spacial score (nSPS) is 20.4. The lowest BCUT2D eigenvalue weighted by molar-refractivity contribution is -0.140. The molecule has 1 unspecified atom stereocenters. The molecule has 1 aromatic rings. The third-order valence-corrected chi connectivity index (χ3v) is 6.93. The highest BCUT2D eigenvalue weighted by Gasteiger charge is 2.46. The lowest BCUT2D eigenvalue weighted by Crippen LogP contribution is -2.51. The zero-order chi connectivity index (χ0) is 26.9. The van der Waals surface area contributed by atoms with Gasteiger partial charge in [0, 0.05) is 43.9 Å². The van der Waals surface area contributed by atoms with Crippen molar-refractivity contribution in [1.82, 2.24) is 10.6 Å². The Labute approximate surface area is 220 Å². The van der Waals surface area contributed by atoms with Gasteiger partial charge in [-0.2, -0.15) is 0 Å². The van der Waals surface area contributed by atoms with Crippen molar-refractivity contribution >= 4 is 35.2 Å². The summed E-state index contributed by atoms with van der Waals surface area (Å²) < 4.78 is 5.22. The summed E-state index contributed by atoms with van der Waals surface area (Å²) in [6, 6.07) is 7.83. The first-order valence-electron chi connectivity index (χ1n) is 13.5. The Morgan fingerprint density at radius 2 is 1.68 bits per heavy atom. The van der Waals surface area contributed by atoms with Crippen LogP contribution in [0.15, 0.2) is 24.3 Å². The highest BCUT2D eigenvalue weighted by Crippen LogP contribution is 2.40. The average Bonchev–Trinajstić information content (AvgIpc) is 2.95. The second-order valence-corrected chi connectivity index (χ2v) is 11.2. The van der Waals surface area contributed by atoms with Gasteiger partial charge in [0.25, 0.3) is 0 Å². The lowest BCUT2D eigenvalue weighted by Gasteiger charge is -2.39. The number of ether oxygens (including phenoxy) is 1. The molecule has 0 aliphatic carbocycles. The van der Waals surface area contributed by atoms with Gasteiger partial charge < -0.3 is 20.3 Å². The van der Waals surface area contributed by atoms with Crippen LogP contribution in [-0.4, -0.2) is 49.1 Å². The molecule has 3 N–H and O–H groups in total. The molecule has 1 aromatic carbocycles. The van der Waals surface area contributed by atoms with Gasteiger partial charge in [0.05, 0.1) is 5.41 Å². The van der Waals surface area contributed by atoms with Crippen LogP contribution < -0.4 is 20.9 Å². The molecular formula is C28H42N4O5. The topological polar surface area (TPSA) is 117 Å². The van der Waals surface area contributed by atoms with Crippen LogP contribution in [0.1, 0.15) is 85.0 Å². The summed E-state index contributed by atoms with van der Waals surface area (Å²) in [5.41, 5.74) is 0.613. The molecular weight excluding hydrogens is 472 g/mol. The van der Waals surface area contributed by atoms with Gasteiger partial charge >= 0.3 is 6.09 Å². The number of nitrogens with one attached hydrogen (secondary N) is 3. The van der Waals surface area contributed by atoms with Crippen LogP contribution >= 0.6 is 0 Å². The Kier molecular flexibility index (Phi) is 9.94. The fourth-order valence-corrected chi connectivity index (χ4v) is 4.90. The summed E-state index contributed by atoms with van der Waals surface area (Å²) in [6.45, 7) is 7.53. The van der Waals surface area contributed by atoms with Crippen LogP contribution in [0.4, 0.5) is 16.2 Å².